The first-order valence-corrected chi connectivity index (χ1v) is 10.0. The molecule has 2 rings (SSSR count). The molecule has 25 heavy (non-hydrogen) atoms. The number of pyridine rings is 1. The SMILES string of the molecule is Cc1ccc(C)c(NC(=O)CSc2ccc(S(=O)(=O)N(C)C)cn2)c1. The highest BCUT2D eigenvalue weighted by Gasteiger charge is 2.17. The van der Waals surface area contributed by atoms with Crippen molar-refractivity contribution in [2.45, 2.75) is 23.8 Å². The molecule has 0 saturated carbocycles. The smallest absolute Gasteiger partial charge is 0.244 e. The summed E-state index contributed by atoms with van der Waals surface area (Å²) in [7, 11) is -0.556. The van der Waals surface area contributed by atoms with Gasteiger partial charge in [-0.15, -0.1) is 0 Å². The summed E-state index contributed by atoms with van der Waals surface area (Å²) in [5.74, 6) is 0.0608. The van der Waals surface area contributed by atoms with Gasteiger partial charge in [0.15, 0.2) is 0 Å². The molecule has 2 aromatic rings. The molecule has 0 aliphatic heterocycles. The summed E-state index contributed by atoms with van der Waals surface area (Å²) in [6.07, 6.45) is 1.31. The van der Waals surface area contributed by atoms with Gasteiger partial charge in [-0.2, -0.15) is 0 Å². The Balaban J connectivity index is 1.97. The molecule has 0 fully saturated rings. The van der Waals surface area contributed by atoms with Gasteiger partial charge in [0.2, 0.25) is 15.9 Å². The summed E-state index contributed by atoms with van der Waals surface area (Å²) < 4.78 is 25.1. The van der Waals surface area contributed by atoms with Crippen molar-refractivity contribution < 1.29 is 13.2 Å². The molecular formula is C17H21N3O3S2. The van der Waals surface area contributed by atoms with E-state index in [9.17, 15) is 13.2 Å². The average molecular weight is 380 g/mol. The number of benzene rings is 1. The minimum atomic E-state index is -3.49. The zero-order valence-corrected chi connectivity index (χ0v) is 16.2. The molecule has 134 valence electrons. The highest BCUT2D eigenvalue weighted by Crippen LogP contribution is 2.20. The Hall–Kier alpha value is -1.90. The Labute approximate surface area is 152 Å². The van der Waals surface area contributed by atoms with Crippen molar-refractivity contribution in [2.75, 3.05) is 25.2 Å². The number of hydrogen-bond acceptors (Lipinski definition) is 5. The van der Waals surface area contributed by atoms with Crippen molar-refractivity contribution in [2.24, 2.45) is 0 Å². The van der Waals surface area contributed by atoms with Crippen molar-refractivity contribution in [3.05, 3.63) is 47.7 Å². The number of nitrogens with one attached hydrogen (secondary N) is 1. The third kappa shape index (κ3) is 5.04. The molecule has 1 amide bonds. The lowest BCUT2D eigenvalue weighted by Crippen LogP contribution is -2.22. The number of rotatable bonds is 6. The van der Waals surface area contributed by atoms with Crippen LogP contribution in [0, 0.1) is 13.8 Å². The van der Waals surface area contributed by atoms with E-state index in [2.05, 4.69) is 10.3 Å². The second-order valence-electron chi connectivity index (χ2n) is 5.77. The van der Waals surface area contributed by atoms with Gasteiger partial charge in [0.1, 0.15) is 4.90 Å². The maximum atomic E-state index is 12.1. The van der Waals surface area contributed by atoms with Crippen molar-refractivity contribution in [1.29, 1.82) is 0 Å². The van der Waals surface area contributed by atoms with Gasteiger partial charge < -0.3 is 5.32 Å². The average Bonchev–Trinajstić information content (AvgIpc) is 2.56. The van der Waals surface area contributed by atoms with Crippen LogP contribution in [0.3, 0.4) is 0 Å². The number of aryl methyl sites for hydroxylation is 2. The van der Waals surface area contributed by atoms with E-state index in [-0.39, 0.29) is 16.6 Å². The van der Waals surface area contributed by atoms with Gasteiger partial charge in [-0.1, -0.05) is 23.9 Å². The number of nitrogens with zero attached hydrogens (tertiary/aromatic N) is 2. The van der Waals surface area contributed by atoms with Crippen LogP contribution in [0.1, 0.15) is 11.1 Å². The zero-order chi connectivity index (χ0) is 18.6. The number of hydrogen-bond donors (Lipinski definition) is 1. The number of amides is 1. The first-order chi connectivity index (χ1) is 11.7. The van der Waals surface area contributed by atoms with Crippen molar-refractivity contribution >= 4 is 33.4 Å². The monoisotopic (exact) mass is 379 g/mol. The molecule has 0 unspecified atom stereocenters. The second-order valence-corrected chi connectivity index (χ2v) is 8.92. The lowest BCUT2D eigenvalue weighted by atomic mass is 10.1. The van der Waals surface area contributed by atoms with E-state index >= 15 is 0 Å². The number of carbonyl (C=O) groups is 1. The lowest BCUT2D eigenvalue weighted by Gasteiger charge is -2.11. The fraction of sp³-hybridized carbons (Fsp3) is 0.294. The van der Waals surface area contributed by atoms with E-state index in [4.69, 9.17) is 0 Å². The Morgan fingerprint density at radius 3 is 2.52 bits per heavy atom. The Morgan fingerprint density at radius 1 is 1.20 bits per heavy atom. The van der Waals surface area contributed by atoms with Crippen LogP contribution in [0.4, 0.5) is 5.69 Å². The van der Waals surface area contributed by atoms with Crippen LogP contribution in [-0.4, -0.2) is 43.5 Å². The maximum absolute atomic E-state index is 12.1. The molecule has 0 aliphatic rings. The van der Waals surface area contributed by atoms with Gasteiger partial charge in [-0.3, -0.25) is 4.79 Å². The minimum Gasteiger partial charge on any atom is -0.325 e. The van der Waals surface area contributed by atoms with Crippen LogP contribution in [0.5, 0.6) is 0 Å². The Kier molecular flexibility index (Phi) is 6.21. The van der Waals surface area contributed by atoms with Crippen LogP contribution in [0.2, 0.25) is 0 Å². The predicted molar refractivity (Wildman–Crippen MR) is 100 cm³/mol. The van der Waals surface area contributed by atoms with Crippen LogP contribution in [-0.2, 0) is 14.8 Å². The topological polar surface area (TPSA) is 79.4 Å². The van der Waals surface area contributed by atoms with E-state index in [1.165, 1.54) is 38.1 Å². The van der Waals surface area contributed by atoms with E-state index < -0.39 is 10.0 Å². The fourth-order valence-corrected chi connectivity index (χ4v) is 3.50. The number of anilines is 1. The molecule has 0 aliphatic carbocycles. The third-order valence-electron chi connectivity index (χ3n) is 3.51. The van der Waals surface area contributed by atoms with Crippen molar-refractivity contribution in [3.8, 4) is 0 Å². The van der Waals surface area contributed by atoms with Gasteiger partial charge in [0.25, 0.3) is 0 Å². The lowest BCUT2D eigenvalue weighted by molar-refractivity contribution is -0.113. The van der Waals surface area contributed by atoms with Gasteiger partial charge >= 0.3 is 0 Å². The molecule has 1 N–H and O–H groups in total. The molecule has 0 spiro atoms. The Bertz CT molecular complexity index is 863. The minimum absolute atomic E-state index is 0.127. The van der Waals surface area contributed by atoms with E-state index in [0.717, 1.165) is 21.1 Å². The first kappa shape index (κ1) is 19.4. The summed E-state index contributed by atoms with van der Waals surface area (Å²) >= 11 is 1.25. The summed E-state index contributed by atoms with van der Waals surface area (Å²) in [5, 5.41) is 3.47. The molecule has 0 atom stereocenters. The van der Waals surface area contributed by atoms with Crippen LogP contribution in [0.25, 0.3) is 0 Å². The summed E-state index contributed by atoms with van der Waals surface area (Å²) in [6, 6.07) is 8.98. The zero-order valence-electron chi connectivity index (χ0n) is 14.6. The van der Waals surface area contributed by atoms with Crippen LogP contribution < -0.4 is 5.32 Å². The van der Waals surface area contributed by atoms with Gasteiger partial charge in [0, 0.05) is 26.0 Å². The number of carbonyl (C=O) groups excluding carboxylic acids is 1. The second kappa shape index (κ2) is 7.99. The molecular weight excluding hydrogens is 358 g/mol. The van der Waals surface area contributed by atoms with Gasteiger partial charge in [-0.05, 0) is 43.2 Å². The number of sulfonamides is 1. The largest absolute Gasteiger partial charge is 0.325 e. The highest BCUT2D eigenvalue weighted by atomic mass is 32.2. The summed E-state index contributed by atoms with van der Waals surface area (Å²) in [4.78, 5) is 16.3. The van der Waals surface area contributed by atoms with E-state index in [1.54, 1.807) is 6.07 Å². The van der Waals surface area contributed by atoms with E-state index in [0.29, 0.717) is 5.03 Å². The molecule has 0 saturated heterocycles. The molecule has 0 bridgehead atoms. The molecule has 1 aromatic carbocycles. The van der Waals surface area contributed by atoms with Crippen LogP contribution in [0.15, 0.2) is 46.5 Å². The fourth-order valence-electron chi connectivity index (χ4n) is 2.01. The quantitative estimate of drug-likeness (QED) is 0.781. The number of thioether (sulfide) groups is 1. The Morgan fingerprint density at radius 2 is 1.92 bits per heavy atom. The number of aromatic nitrogens is 1. The maximum Gasteiger partial charge on any atom is 0.244 e. The van der Waals surface area contributed by atoms with Gasteiger partial charge in [0.05, 0.1) is 10.8 Å². The third-order valence-corrected chi connectivity index (χ3v) is 6.25. The van der Waals surface area contributed by atoms with E-state index in [1.807, 2.05) is 32.0 Å². The highest BCUT2D eigenvalue weighted by molar-refractivity contribution is 7.99. The van der Waals surface area contributed by atoms with Crippen molar-refractivity contribution in [3.63, 3.8) is 0 Å². The normalized spacial score (nSPS) is 11.6. The standard InChI is InChI=1S/C17H21N3O3S2/c1-12-5-6-13(2)15(9-12)19-16(21)11-24-17-8-7-14(10-18-17)25(22,23)20(3)4/h5-10H,11H2,1-4H3,(H,19,21). The molecule has 0 radical (unpaired) electrons. The van der Waals surface area contributed by atoms with Crippen LogP contribution >= 0.6 is 11.8 Å². The molecule has 1 heterocycles. The predicted octanol–water partition coefficient (Wildman–Crippen LogP) is 2.68. The van der Waals surface area contributed by atoms with Crippen molar-refractivity contribution in [1.82, 2.24) is 9.29 Å². The molecule has 8 heteroatoms. The molecule has 6 nitrogen and oxygen atoms in total. The molecule has 1 aromatic heterocycles. The first-order valence-electron chi connectivity index (χ1n) is 7.58. The summed E-state index contributed by atoms with van der Waals surface area (Å²) in [5.41, 5.74) is 2.87. The summed E-state index contributed by atoms with van der Waals surface area (Å²) in [6.45, 7) is 3.91. The van der Waals surface area contributed by atoms with Gasteiger partial charge in [-0.25, -0.2) is 17.7 Å².